The summed E-state index contributed by atoms with van der Waals surface area (Å²) in [5.41, 5.74) is 0. The molecular weight excluding hydrogens is 238 g/mol. The summed E-state index contributed by atoms with van der Waals surface area (Å²) in [6.45, 7) is 4.76. The summed E-state index contributed by atoms with van der Waals surface area (Å²) in [7, 11) is 0. The van der Waals surface area contributed by atoms with Gasteiger partial charge in [0, 0.05) is 6.04 Å². The predicted molar refractivity (Wildman–Crippen MR) is 78.0 cm³/mol. The Balaban J connectivity index is 1.77. The second-order valence-electron chi connectivity index (χ2n) is 5.08. The first kappa shape index (κ1) is 14.2. The van der Waals surface area contributed by atoms with Crippen molar-refractivity contribution in [3.8, 4) is 11.5 Å². The van der Waals surface area contributed by atoms with Gasteiger partial charge in [0.05, 0.1) is 13.2 Å². The summed E-state index contributed by atoms with van der Waals surface area (Å²) in [6.07, 6.45) is 6.01. The van der Waals surface area contributed by atoms with Gasteiger partial charge in [0.1, 0.15) is 0 Å². The van der Waals surface area contributed by atoms with Crippen molar-refractivity contribution in [1.82, 2.24) is 5.32 Å². The van der Waals surface area contributed by atoms with Crippen LogP contribution in [0.4, 0.5) is 0 Å². The van der Waals surface area contributed by atoms with Crippen molar-refractivity contribution in [2.75, 3.05) is 19.8 Å². The highest BCUT2D eigenvalue weighted by molar-refractivity contribution is 5.39. The SMILES string of the molecule is CCCOc1ccccc1OCCC1CCCCN1. The summed E-state index contributed by atoms with van der Waals surface area (Å²) in [5.74, 6) is 1.73. The molecule has 1 aliphatic heterocycles. The van der Waals surface area contributed by atoms with E-state index in [0.29, 0.717) is 6.04 Å². The lowest BCUT2D eigenvalue weighted by Crippen LogP contribution is -2.35. The van der Waals surface area contributed by atoms with E-state index in [1.807, 2.05) is 24.3 Å². The number of nitrogens with one attached hydrogen (secondary N) is 1. The van der Waals surface area contributed by atoms with E-state index in [1.165, 1.54) is 19.3 Å². The van der Waals surface area contributed by atoms with E-state index >= 15 is 0 Å². The Kier molecular flexibility index (Phi) is 6.02. The van der Waals surface area contributed by atoms with E-state index in [9.17, 15) is 0 Å². The fraction of sp³-hybridized carbons (Fsp3) is 0.625. The number of ether oxygens (including phenoxy) is 2. The molecule has 3 heteroatoms. The van der Waals surface area contributed by atoms with E-state index in [4.69, 9.17) is 9.47 Å². The molecule has 1 saturated heterocycles. The number of benzene rings is 1. The number of piperidine rings is 1. The van der Waals surface area contributed by atoms with Crippen LogP contribution >= 0.6 is 0 Å². The van der Waals surface area contributed by atoms with Crippen LogP contribution in [0.5, 0.6) is 11.5 Å². The van der Waals surface area contributed by atoms with Crippen molar-refractivity contribution in [3.05, 3.63) is 24.3 Å². The van der Waals surface area contributed by atoms with Crippen molar-refractivity contribution in [3.63, 3.8) is 0 Å². The zero-order chi connectivity index (χ0) is 13.3. The Hall–Kier alpha value is -1.22. The molecule has 1 heterocycles. The molecule has 0 radical (unpaired) electrons. The van der Waals surface area contributed by atoms with Gasteiger partial charge in [-0.3, -0.25) is 0 Å². The summed E-state index contributed by atoms with van der Waals surface area (Å²) in [4.78, 5) is 0. The molecule has 0 bridgehead atoms. The van der Waals surface area contributed by atoms with Gasteiger partial charge in [-0.2, -0.15) is 0 Å². The molecule has 0 saturated carbocycles. The predicted octanol–water partition coefficient (Wildman–Crippen LogP) is 3.39. The largest absolute Gasteiger partial charge is 0.490 e. The van der Waals surface area contributed by atoms with Crippen LogP contribution in [0.1, 0.15) is 39.0 Å². The van der Waals surface area contributed by atoms with Gasteiger partial charge < -0.3 is 14.8 Å². The Morgan fingerprint density at radius 3 is 2.47 bits per heavy atom. The van der Waals surface area contributed by atoms with E-state index in [0.717, 1.165) is 44.1 Å². The average molecular weight is 263 g/mol. The molecule has 1 aromatic rings. The van der Waals surface area contributed by atoms with Gasteiger partial charge in [-0.05, 0) is 44.4 Å². The van der Waals surface area contributed by atoms with Crippen molar-refractivity contribution in [2.24, 2.45) is 0 Å². The molecule has 19 heavy (non-hydrogen) atoms. The molecule has 1 fully saturated rings. The maximum Gasteiger partial charge on any atom is 0.161 e. The first-order chi connectivity index (χ1) is 9.40. The minimum Gasteiger partial charge on any atom is -0.490 e. The summed E-state index contributed by atoms with van der Waals surface area (Å²) in [5, 5.41) is 3.54. The monoisotopic (exact) mass is 263 g/mol. The molecule has 1 atom stereocenters. The molecule has 0 aromatic heterocycles. The number of rotatable bonds is 7. The molecule has 0 amide bonds. The molecule has 1 aliphatic rings. The molecule has 0 aliphatic carbocycles. The minimum atomic E-state index is 0.623. The fourth-order valence-corrected chi connectivity index (χ4v) is 2.38. The lowest BCUT2D eigenvalue weighted by atomic mass is 10.0. The van der Waals surface area contributed by atoms with E-state index in [2.05, 4.69) is 12.2 Å². The van der Waals surface area contributed by atoms with Gasteiger partial charge in [0.15, 0.2) is 11.5 Å². The molecule has 1 unspecified atom stereocenters. The van der Waals surface area contributed by atoms with Gasteiger partial charge in [-0.1, -0.05) is 25.5 Å². The fourth-order valence-electron chi connectivity index (χ4n) is 2.38. The van der Waals surface area contributed by atoms with Crippen LogP contribution in [-0.4, -0.2) is 25.8 Å². The summed E-state index contributed by atoms with van der Waals surface area (Å²) < 4.78 is 11.6. The third-order valence-electron chi connectivity index (χ3n) is 3.45. The van der Waals surface area contributed by atoms with Gasteiger partial charge in [0.2, 0.25) is 0 Å². The zero-order valence-corrected chi connectivity index (χ0v) is 11.9. The van der Waals surface area contributed by atoms with E-state index < -0.39 is 0 Å². The van der Waals surface area contributed by atoms with Crippen LogP contribution in [0.3, 0.4) is 0 Å². The Labute approximate surface area is 116 Å². The lowest BCUT2D eigenvalue weighted by molar-refractivity contribution is 0.245. The van der Waals surface area contributed by atoms with Crippen molar-refractivity contribution < 1.29 is 9.47 Å². The Morgan fingerprint density at radius 1 is 1.11 bits per heavy atom. The smallest absolute Gasteiger partial charge is 0.161 e. The number of hydrogen-bond acceptors (Lipinski definition) is 3. The molecule has 2 rings (SSSR count). The second kappa shape index (κ2) is 8.05. The number of hydrogen-bond donors (Lipinski definition) is 1. The van der Waals surface area contributed by atoms with Gasteiger partial charge in [0.25, 0.3) is 0 Å². The van der Waals surface area contributed by atoms with Crippen LogP contribution in [-0.2, 0) is 0 Å². The third-order valence-corrected chi connectivity index (χ3v) is 3.45. The second-order valence-corrected chi connectivity index (χ2v) is 5.08. The summed E-state index contributed by atoms with van der Waals surface area (Å²) in [6, 6.07) is 8.56. The summed E-state index contributed by atoms with van der Waals surface area (Å²) >= 11 is 0. The molecular formula is C16H25NO2. The highest BCUT2D eigenvalue weighted by Crippen LogP contribution is 2.26. The first-order valence-corrected chi connectivity index (χ1v) is 7.48. The van der Waals surface area contributed by atoms with E-state index in [-0.39, 0.29) is 0 Å². The maximum absolute atomic E-state index is 5.87. The van der Waals surface area contributed by atoms with Crippen LogP contribution in [0.2, 0.25) is 0 Å². The van der Waals surface area contributed by atoms with Gasteiger partial charge in [-0.25, -0.2) is 0 Å². The standard InChI is InChI=1S/C16H25NO2/c1-2-12-18-15-8-3-4-9-16(15)19-13-10-14-7-5-6-11-17-14/h3-4,8-9,14,17H,2,5-7,10-13H2,1H3. The van der Waals surface area contributed by atoms with Crippen molar-refractivity contribution >= 4 is 0 Å². The third kappa shape index (κ3) is 4.75. The maximum atomic E-state index is 5.87. The molecule has 1 N–H and O–H groups in total. The number of para-hydroxylation sites is 2. The van der Waals surface area contributed by atoms with Crippen LogP contribution in [0, 0.1) is 0 Å². The van der Waals surface area contributed by atoms with Crippen LogP contribution < -0.4 is 14.8 Å². The topological polar surface area (TPSA) is 30.5 Å². The zero-order valence-electron chi connectivity index (χ0n) is 11.9. The van der Waals surface area contributed by atoms with Crippen LogP contribution in [0.25, 0.3) is 0 Å². The Morgan fingerprint density at radius 2 is 1.84 bits per heavy atom. The molecule has 0 spiro atoms. The van der Waals surface area contributed by atoms with E-state index in [1.54, 1.807) is 0 Å². The normalized spacial score (nSPS) is 19.1. The molecule has 106 valence electrons. The quantitative estimate of drug-likeness (QED) is 0.818. The highest BCUT2D eigenvalue weighted by Gasteiger charge is 2.12. The Bertz CT molecular complexity index is 362. The van der Waals surface area contributed by atoms with Crippen LogP contribution in [0.15, 0.2) is 24.3 Å². The lowest BCUT2D eigenvalue weighted by Gasteiger charge is -2.23. The van der Waals surface area contributed by atoms with Crippen molar-refractivity contribution in [1.29, 1.82) is 0 Å². The molecule has 1 aromatic carbocycles. The highest BCUT2D eigenvalue weighted by atomic mass is 16.5. The average Bonchev–Trinajstić information content (AvgIpc) is 2.47. The van der Waals surface area contributed by atoms with Gasteiger partial charge in [-0.15, -0.1) is 0 Å². The first-order valence-electron chi connectivity index (χ1n) is 7.48. The minimum absolute atomic E-state index is 0.623. The van der Waals surface area contributed by atoms with Crippen molar-refractivity contribution in [2.45, 2.75) is 45.1 Å². The molecule has 3 nitrogen and oxygen atoms in total. The van der Waals surface area contributed by atoms with Gasteiger partial charge >= 0.3 is 0 Å².